The summed E-state index contributed by atoms with van der Waals surface area (Å²) >= 11 is 1.37. The summed E-state index contributed by atoms with van der Waals surface area (Å²) < 4.78 is 0. The summed E-state index contributed by atoms with van der Waals surface area (Å²) in [5.41, 5.74) is 3.25. The van der Waals surface area contributed by atoms with E-state index in [-0.39, 0.29) is 0 Å². The second-order valence-electron chi connectivity index (χ2n) is 4.60. The SMILES string of the molecule is CC1CCc2c(sc(NC(=O)C(=O)NN)c2C#N)C1. The van der Waals surface area contributed by atoms with Crippen molar-refractivity contribution in [3.8, 4) is 6.07 Å². The van der Waals surface area contributed by atoms with Gasteiger partial charge in [0.2, 0.25) is 0 Å². The fourth-order valence-electron chi connectivity index (χ4n) is 2.18. The number of anilines is 1. The Morgan fingerprint density at radius 3 is 2.84 bits per heavy atom. The minimum atomic E-state index is -0.927. The van der Waals surface area contributed by atoms with Gasteiger partial charge in [-0.05, 0) is 30.7 Å². The average molecular weight is 278 g/mol. The number of nitrogens with two attached hydrogens (primary N) is 1. The average Bonchev–Trinajstić information content (AvgIpc) is 2.73. The summed E-state index contributed by atoms with van der Waals surface area (Å²) in [6, 6.07) is 2.11. The van der Waals surface area contributed by atoms with Crippen LogP contribution in [0.3, 0.4) is 0 Å². The molecule has 0 saturated heterocycles. The van der Waals surface area contributed by atoms with Crippen molar-refractivity contribution in [3.05, 3.63) is 16.0 Å². The highest BCUT2D eigenvalue weighted by Gasteiger charge is 2.25. The second kappa shape index (κ2) is 5.38. The Hall–Kier alpha value is -1.91. The molecule has 1 aromatic rings. The Balaban J connectivity index is 2.30. The largest absolute Gasteiger partial charge is 0.323 e. The fourth-order valence-corrected chi connectivity index (χ4v) is 3.54. The number of hydrazine groups is 1. The molecule has 0 fully saturated rings. The highest BCUT2D eigenvalue weighted by molar-refractivity contribution is 7.16. The number of fused-ring (bicyclic) bond motifs is 1. The summed E-state index contributed by atoms with van der Waals surface area (Å²) in [5, 5.41) is 12.1. The Kier molecular flexibility index (Phi) is 3.83. The molecule has 1 aliphatic rings. The van der Waals surface area contributed by atoms with E-state index in [1.165, 1.54) is 11.3 Å². The zero-order valence-electron chi connectivity index (χ0n) is 10.4. The summed E-state index contributed by atoms with van der Waals surface area (Å²) in [5.74, 6) is 3.69. The zero-order valence-corrected chi connectivity index (χ0v) is 11.3. The number of rotatable bonds is 1. The molecule has 0 bridgehead atoms. The van der Waals surface area contributed by atoms with E-state index >= 15 is 0 Å². The maximum atomic E-state index is 11.5. The first-order valence-corrected chi connectivity index (χ1v) is 6.75. The minimum Gasteiger partial charge on any atom is -0.308 e. The highest BCUT2D eigenvalue weighted by atomic mass is 32.1. The van der Waals surface area contributed by atoms with Crippen molar-refractivity contribution in [1.29, 1.82) is 5.26 Å². The molecule has 0 radical (unpaired) electrons. The maximum Gasteiger partial charge on any atom is 0.323 e. The Bertz CT molecular complexity index is 573. The van der Waals surface area contributed by atoms with E-state index in [0.717, 1.165) is 29.7 Å². The molecule has 0 spiro atoms. The van der Waals surface area contributed by atoms with Crippen LogP contribution in [0.25, 0.3) is 0 Å². The van der Waals surface area contributed by atoms with Crippen LogP contribution in [-0.2, 0) is 22.4 Å². The van der Waals surface area contributed by atoms with Gasteiger partial charge >= 0.3 is 11.8 Å². The third-order valence-corrected chi connectivity index (χ3v) is 4.36. The molecule has 1 aliphatic carbocycles. The van der Waals surface area contributed by atoms with E-state index in [1.54, 1.807) is 5.43 Å². The third kappa shape index (κ3) is 2.59. The third-order valence-electron chi connectivity index (χ3n) is 3.19. The molecule has 2 amide bonds. The molecular weight excluding hydrogens is 264 g/mol. The number of carbonyl (C=O) groups is 2. The number of nitrogens with one attached hydrogen (secondary N) is 2. The Morgan fingerprint density at radius 2 is 2.21 bits per heavy atom. The van der Waals surface area contributed by atoms with Gasteiger partial charge in [0.25, 0.3) is 0 Å². The van der Waals surface area contributed by atoms with Crippen LogP contribution in [0.4, 0.5) is 5.00 Å². The number of nitrogens with zero attached hydrogens (tertiary/aromatic N) is 1. The van der Waals surface area contributed by atoms with Gasteiger partial charge in [-0.2, -0.15) is 5.26 Å². The van der Waals surface area contributed by atoms with Crippen molar-refractivity contribution < 1.29 is 9.59 Å². The Labute approximate surface area is 114 Å². The van der Waals surface area contributed by atoms with Crippen LogP contribution in [0.5, 0.6) is 0 Å². The van der Waals surface area contributed by atoms with Crippen molar-refractivity contribution in [2.24, 2.45) is 11.8 Å². The maximum absolute atomic E-state index is 11.5. The van der Waals surface area contributed by atoms with Gasteiger partial charge in [0.15, 0.2) is 0 Å². The van der Waals surface area contributed by atoms with E-state index < -0.39 is 11.8 Å². The van der Waals surface area contributed by atoms with Crippen molar-refractivity contribution in [3.63, 3.8) is 0 Å². The van der Waals surface area contributed by atoms with Crippen LogP contribution in [0.15, 0.2) is 0 Å². The molecule has 0 aromatic carbocycles. The molecule has 100 valence electrons. The van der Waals surface area contributed by atoms with E-state index in [1.807, 2.05) is 0 Å². The van der Waals surface area contributed by atoms with Gasteiger partial charge in [0.05, 0.1) is 5.56 Å². The molecule has 19 heavy (non-hydrogen) atoms. The standard InChI is InChI=1S/C12H14N4O2S/c1-6-2-3-7-8(5-13)12(19-9(7)4-6)15-10(17)11(18)16-14/h6H,2-4,14H2,1H3,(H,15,17)(H,16,18). The van der Waals surface area contributed by atoms with Crippen LogP contribution >= 0.6 is 11.3 Å². The number of nitriles is 1. The molecule has 7 heteroatoms. The lowest BCUT2D eigenvalue weighted by Crippen LogP contribution is -2.39. The molecule has 1 atom stereocenters. The molecular formula is C12H14N4O2S. The minimum absolute atomic E-state index is 0.440. The molecule has 6 nitrogen and oxygen atoms in total. The monoisotopic (exact) mass is 278 g/mol. The van der Waals surface area contributed by atoms with Crippen molar-refractivity contribution in [1.82, 2.24) is 5.43 Å². The lowest BCUT2D eigenvalue weighted by atomic mass is 9.89. The van der Waals surface area contributed by atoms with Gasteiger partial charge in [-0.1, -0.05) is 6.92 Å². The van der Waals surface area contributed by atoms with E-state index in [4.69, 9.17) is 5.84 Å². The fraction of sp³-hybridized carbons (Fsp3) is 0.417. The molecule has 0 saturated carbocycles. The normalized spacial score (nSPS) is 17.2. The lowest BCUT2D eigenvalue weighted by molar-refractivity contribution is -0.136. The summed E-state index contributed by atoms with van der Waals surface area (Å²) in [7, 11) is 0. The van der Waals surface area contributed by atoms with E-state index in [9.17, 15) is 14.9 Å². The van der Waals surface area contributed by atoms with Gasteiger partial charge in [0, 0.05) is 4.88 Å². The van der Waals surface area contributed by atoms with E-state index in [0.29, 0.717) is 16.5 Å². The van der Waals surface area contributed by atoms with Gasteiger partial charge < -0.3 is 5.32 Å². The first-order chi connectivity index (χ1) is 9.06. The molecule has 0 aliphatic heterocycles. The quantitative estimate of drug-likeness (QED) is 0.304. The Morgan fingerprint density at radius 1 is 1.47 bits per heavy atom. The molecule has 4 N–H and O–H groups in total. The van der Waals surface area contributed by atoms with Gasteiger partial charge in [0.1, 0.15) is 11.1 Å². The number of thiophene rings is 1. The number of amides is 2. The van der Waals surface area contributed by atoms with Gasteiger partial charge in [-0.3, -0.25) is 15.0 Å². The zero-order chi connectivity index (χ0) is 14.0. The highest BCUT2D eigenvalue weighted by Crippen LogP contribution is 2.39. The number of hydrogen-bond acceptors (Lipinski definition) is 5. The van der Waals surface area contributed by atoms with Crippen LogP contribution in [0.1, 0.15) is 29.3 Å². The van der Waals surface area contributed by atoms with Crippen LogP contribution in [0, 0.1) is 17.2 Å². The lowest BCUT2D eigenvalue weighted by Gasteiger charge is -2.17. The number of hydrogen-bond donors (Lipinski definition) is 3. The van der Waals surface area contributed by atoms with Gasteiger partial charge in [-0.25, -0.2) is 5.84 Å². The topological polar surface area (TPSA) is 108 Å². The predicted octanol–water partition coefficient (Wildman–Crippen LogP) is 0.673. The molecule has 1 unspecified atom stereocenters. The van der Waals surface area contributed by atoms with Crippen LogP contribution in [0.2, 0.25) is 0 Å². The van der Waals surface area contributed by atoms with Crippen LogP contribution in [-0.4, -0.2) is 11.8 Å². The first kappa shape index (κ1) is 13.5. The summed E-state index contributed by atoms with van der Waals surface area (Å²) in [4.78, 5) is 23.7. The van der Waals surface area contributed by atoms with Crippen molar-refractivity contribution in [2.75, 3.05) is 5.32 Å². The molecule has 2 rings (SSSR count). The molecule has 1 aromatic heterocycles. The van der Waals surface area contributed by atoms with Gasteiger partial charge in [-0.15, -0.1) is 11.3 Å². The van der Waals surface area contributed by atoms with Crippen LogP contribution < -0.4 is 16.6 Å². The molecule has 1 heterocycles. The predicted molar refractivity (Wildman–Crippen MR) is 71.2 cm³/mol. The number of carbonyl (C=O) groups excluding carboxylic acids is 2. The smallest absolute Gasteiger partial charge is 0.308 e. The van der Waals surface area contributed by atoms with E-state index in [2.05, 4.69) is 18.3 Å². The van der Waals surface area contributed by atoms with Crippen molar-refractivity contribution in [2.45, 2.75) is 26.2 Å². The second-order valence-corrected chi connectivity index (χ2v) is 5.70. The summed E-state index contributed by atoms with van der Waals surface area (Å²) in [6.07, 6.45) is 2.79. The van der Waals surface area contributed by atoms with Crippen molar-refractivity contribution >= 4 is 28.2 Å². The summed E-state index contributed by atoms with van der Waals surface area (Å²) in [6.45, 7) is 2.16. The first-order valence-electron chi connectivity index (χ1n) is 5.93.